The molecule has 0 aliphatic rings. The SMILES string of the molecule is CCCCNS(=O)(=O)c1ccc(-c2csnn2)cc1. The molecule has 102 valence electrons. The fraction of sp³-hybridized carbons (Fsp3) is 0.333. The maximum absolute atomic E-state index is 12.0. The highest BCUT2D eigenvalue weighted by atomic mass is 32.2. The summed E-state index contributed by atoms with van der Waals surface area (Å²) in [5, 5.41) is 5.76. The zero-order chi connectivity index (χ0) is 13.7. The molecule has 1 heterocycles. The second kappa shape index (κ2) is 6.23. The Bertz CT molecular complexity index is 607. The van der Waals surface area contributed by atoms with Gasteiger partial charge in [0.1, 0.15) is 5.69 Å². The summed E-state index contributed by atoms with van der Waals surface area (Å²) >= 11 is 1.27. The van der Waals surface area contributed by atoms with Gasteiger partial charge < -0.3 is 0 Å². The van der Waals surface area contributed by atoms with Crippen molar-refractivity contribution in [1.29, 1.82) is 0 Å². The van der Waals surface area contributed by atoms with Gasteiger partial charge in [0.2, 0.25) is 10.0 Å². The summed E-state index contributed by atoms with van der Waals surface area (Å²) in [6, 6.07) is 6.65. The predicted octanol–water partition coefficient (Wildman–Crippen LogP) is 2.28. The Morgan fingerprint density at radius 2 is 2.00 bits per heavy atom. The Kier molecular flexibility index (Phi) is 4.62. The zero-order valence-corrected chi connectivity index (χ0v) is 12.2. The Hall–Kier alpha value is -1.31. The fourth-order valence-electron chi connectivity index (χ4n) is 1.56. The molecule has 0 bridgehead atoms. The van der Waals surface area contributed by atoms with Crippen LogP contribution in [0.4, 0.5) is 0 Å². The van der Waals surface area contributed by atoms with Gasteiger partial charge in [0.15, 0.2) is 0 Å². The van der Waals surface area contributed by atoms with Gasteiger partial charge in [0.05, 0.1) is 4.90 Å². The molecule has 7 heteroatoms. The molecule has 0 aliphatic heterocycles. The lowest BCUT2D eigenvalue weighted by Gasteiger charge is -2.06. The molecule has 0 atom stereocenters. The highest BCUT2D eigenvalue weighted by Gasteiger charge is 2.13. The molecule has 2 aromatic rings. The standard InChI is InChI=1S/C12H15N3O2S2/c1-2-3-8-13-19(16,17)11-6-4-10(5-7-11)12-9-18-15-14-12/h4-7,9,13H,2-3,8H2,1H3. The number of aromatic nitrogens is 2. The van der Waals surface area contributed by atoms with Crippen LogP contribution in [0.15, 0.2) is 34.5 Å². The molecule has 1 N–H and O–H groups in total. The molecule has 5 nitrogen and oxygen atoms in total. The summed E-state index contributed by atoms with van der Waals surface area (Å²) in [5.74, 6) is 0. The van der Waals surface area contributed by atoms with E-state index in [0.717, 1.165) is 24.1 Å². The van der Waals surface area contributed by atoms with Crippen LogP contribution in [0.2, 0.25) is 0 Å². The van der Waals surface area contributed by atoms with Gasteiger partial charge in [0, 0.05) is 17.5 Å². The average molecular weight is 297 g/mol. The van der Waals surface area contributed by atoms with Gasteiger partial charge in [0.25, 0.3) is 0 Å². The van der Waals surface area contributed by atoms with E-state index < -0.39 is 10.0 Å². The van der Waals surface area contributed by atoms with Gasteiger partial charge in [-0.3, -0.25) is 0 Å². The number of hydrogen-bond acceptors (Lipinski definition) is 5. The molecule has 0 fully saturated rings. The third kappa shape index (κ3) is 3.59. The molecular weight excluding hydrogens is 282 g/mol. The van der Waals surface area contributed by atoms with Crippen molar-refractivity contribution in [2.75, 3.05) is 6.54 Å². The summed E-state index contributed by atoms with van der Waals surface area (Å²) in [6.45, 7) is 2.49. The molecule has 0 saturated carbocycles. The summed E-state index contributed by atoms with van der Waals surface area (Å²) < 4.78 is 30.3. The molecule has 0 unspecified atom stereocenters. The van der Waals surface area contributed by atoms with E-state index in [9.17, 15) is 8.42 Å². The van der Waals surface area contributed by atoms with Crippen LogP contribution in [0, 0.1) is 0 Å². The third-order valence-corrected chi connectivity index (χ3v) is 4.62. The predicted molar refractivity (Wildman–Crippen MR) is 75.4 cm³/mol. The first kappa shape index (κ1) is 14.1. The monoisotopic (exact) mass is 297 g/mol. The van der Waals surface area contributed by atoms with Crippen LogP contribution < -0.4 is 4.72 Å². The van der Waals surface area contributed by atoms with Crippen molar-refractivity contribution in [2.24, 2.45) is 0 Å². The van der Waals surface area contributed by atoms with Gasteiger partial charge in [-0.1, -0.05) is 30.0 Å². The van der Waals surface area contributed by atoms with E-state index in [0.29, 0.717) is 6.54 Å². The van der Waals surface area contributed by atoms with E-state index in [-0.39, 0.29) is 4.90 Å². The third-order valence-electron chi connectivity index (χ3n) is 2.64. The minimum atomic E-state index is -3.40. The van der Waals surface area contributed by atoms with Crippen molar-refractivity contribution in [3.8, 4) is 11.3 Å². The quantitative estimate of drug-likeness (QED) is 0.830. The Labute approximate surface area is 116 Å². The van der Waals surface area contributed by atoms with Gasteiger partial charge in [-0.25, -0.2) is 13.1 Å². The Morgan fingerprint density at radius 1 is 1.26 bits per heavy atom. The van der Waals surface area contributed by atoms with Crippen molar-refractivity contribution in [1.82, 2.24) is 14.3 Å². The first-order chi connectivity index (χ1) is 9.13. The van der Waals surface area contributed by atoms with Crippen LogP contribution in [-0.2, 0) is 10.0 Å². The number of benzene rings is 1. The first-order valence-electron chi connectivity index (χ1n) is 6.00. The first-order valence-corrected chi connectivity index (χ1v) is 8.32. The number of sulfonamides is 1. The maximum atomic E-state index is 12.0. The highest BCUT2D eigenvalue weighted by Crippen LogP contribution is 2.19. The van der Waals surface area contributed by atoms with Crippen molar-refractivity contribution in [3.05, 3.63) is 29.6 Å². The average Bonchev–Trinajstić information content (AvgIpc) is 2.93. The summed E-state index contributed by atoms with van der Waals surface area (Å²) in [4.78, 5) is 0.274. The van der Waals surface area contributed by atoms with Gasteiger partial charge in [-0.15, -0.1) is 5.10 Å². The number of unbranched alkanes of at least 4 members (excludes halogenated alkanes) is 1. The number of rotatable bonds is 6. The second-order valence-electron chi connectivity index (χ2n) is 4.07. The summed E-state index contributed by atoms with van der Waals surface area (Å²) in [6.07, 6.45) is 1.79. The van der Waals surface area contributed by atoms with Crippen molar-refractivity contribution in [3.63, 3.8) is 0 Å². The Morgan fingerprint density at radius 3 is 2.58 bits per heavy atom. The number of nitrogens with one attached hydrogen (secondary N) is 1. The largest absolute Gasteiger partial charge is 0.240 e. The molecule has 0 radical (unpaired) electrons. The Balaban J connectivity index is 2.14. The molecule has 0 saturated heterocycles. The molecule has 1 aromatic heterocycles. The number of hydrogen-bond donors (Lipinski definition) is 1. The van der Waals surface area contributed by atoms with Crippen molar-refractivity contribution in [2.45, 2.75) is 24.7 Å². The molecule has 19 heavy (non-hydrogen) atoms. The van der Waals surface area contributed by atoms with E-state index in [2.05, 4.69) is 14.3 Å². The second-order valence-corrected chi connectivity index (χ2v) is 6.44. The van der Waals surface area contributed by atoms with Crippen molar-refractivity contribution < 1.29 is 8.42 Å². The molecule has 0 spiro atoms. The molecular formula is C12H15N3O2S2. The van der Waals surface area contributed by atoms with E-state index in [1.807, 2.05) is 12.3 Å². The zero-order valence-electron chi connectivity index (χ0n) is 10.5. The minimum absolute atomic E-state index is 0.274. The lowest BCUT2D eigenvalue weighted by molar-refractivity contribution is 0.578. The normalized spacial score (nSPS) is 11.6. The van der Waals surface area contributed by atoms with Crippen molar-refractivity contribution >= 4 is 21.6 Å². The topological polar surface area (TPSA) is 72.0 Å². The van der Waals surface area contributed by atoms with Gasteiger partial charge >= 0.3 is 0 Å². The van der Waals surface area contributed by atoms with Crippen LogP contribution in [-0.4, -0.2) is 24.5 Å². The lowest BCUT2D eigenvalue weighted by Crippen LogP contribution is -2.24. The van der Waals surface area contributed by atoms with E-state index in [1.165, 1.54) is 11.5 Å². The smallest absolute Gasteiger partial charge is 0.211 e. The summed E-state index contributed by atoms with van der Waals surface area (Å²) in [7, 11) is -3.40. The number of nitrogens with zero attached hydrogens (tertiary/aromatic N) is 2. The van der Waals surface area contributed by atoms with E-state index in [1.54, 1.807) is 24.3 Å². The van der Waals surface area contributed by atoms with Crippen LogP contribution in [0.1, 0.15) is 19.8 Å². The highest BCUT2D eigenvalue weighted by molar-refractivity contribution is 7.89. The summed E-state index contributed by atoms with van der Waals surface area (Å²) in [5.41, 5.74) is 1.62. The van der Waals surface area contributed by atoms with Crippen LogP contribution in [0.25, 0.3) is 11.3 Å². The van der Waals surface area contributed by atoms with Crippen LogP contribution >= 0.6 is 11.5 Å². The van der Waals surface area contributed by atoms with E-state index in [4.69, 9.17) is 0 Å². The maximum Gasteiger partial charge on any atom is 0.240 e. The van der Waals surface area contributed by atoms with Crippen LogP contribution in [0.5, 0.6) is 0 Å². The van der Waals surface area contributed by atoms with E-state index >= 15 is 0 Å². The fourth-order valence-corrected chi connectivity index (χ4v) is 3.10. The molecule has 0 aliphatic carbocycles. The minimum Gasteiger partial charge on any atom is -0.211 e. The lowest BCUT2D eigenvalue weighted by atomic mass is 10.2. The molecule has 0 amide bonds. The molecule has 2 rings (SSSR count). The van der Waals surface area contributed by atoms with Gasteiger partial charge in [-0.2, -0.15) is 0 Å². The molecule has 1 aromatic carbocycles. The van der Waals surface area contributed by atoms with Gasteiger partial charge in [-0.05, 0) is 30.1 Å². The van der Waals surface area contributed by atoms with Crippen LogP contribution in [0.3, 0.4) is 0 Å².